The monoisotopic (exact) mass is 437 g/mol. The molecule has 9 nitrogen and oxygen atoms in total. The number of nitrogens with zero attached hydrogens (tertiary/aromatic N) is 4. The molecule has 10 heteroatoms. The molecule has 0 aliphatic rings. The third kappa shape index (κ3) is 3.61. The van der Waals surface area contributed by atoms with E-state index in [0.717, 1.165) is 26.5 Å². The fraction of sp³-hybridized carbons (Fsp3) is 0.190. The maximum atomic E-state index is 12.8. The van der Waals surface area contributed by atoms with Crippen molar-refractivity contribution in [2.75, 3.05) is 12.4 Å². The molecule has 1 aromatic carbocycles. The average Bonchev–Trinajstić information content (AvgIpc) is 3.15. The van der Waals surface area contributed by atoms with Crippen molar-refractivity contribution in [2.24, 2.45) is 14.1 Å². The van der Waals surface area contributed by atoms with Crippen molar-refractivity contribution in [3.8, 4) is 17.0 Å². The third-order valence-electron chi connectivity index (χ3n) is 4.94. The summed E-state index contributed by atoms with van der Waals surface area (Å²) in [5.41, 5.74) is 1.10. The SMILES string of the molecule is COc1ccc(-c2nc(NC(=O)c3cnc4c(c3)c(=O)n(C)c(=O)n4C)sc2C)cc1. The van der Waals surface area contributed by atoms with E-state index in [4.69, 9.17) is 4.74 Å². The number of rotatable bonds is 4. The van der Waals surface area contributed by atoms with Crippen molar-refractivity contribution in [3.63, 3.8) is 0 Å². The van der Waals surface area contributed by atoms with Crippen LogP contribution in [-0.4, -0.2) is 32.1 Å². The smallest absolute Gasteiger partial charge is 0.332 e. The topological polar surface area (TPSA) is 108 Å². The molecule has 0 atom stereocenters. The Morgan fingerprint density at radius 3 is 2.52 bits per heavy atom. The number of fused-ring (bicyclic) bond motifs is 1. The third-order valence-corrected chi connectivity index (χ3v) is 5.82. The Morgan fingerprint density at radius 1 is 1.13 bits per heavy atom. The molecule has 0 saturated heterocycles. The number of methoxy groups -OCH3 is 1. The van der Waals surface area contributed by atoms with E-state index in [9.17, 15) is 14.4 Å². The molecule has 3 heterocycles. The lowest BCUT2D eigenvalue weighted by molar-refractivity contribution is 0.102. The summed E-state index contributed by atoms with van der Waals surface area (Å²) < 4.78 is 7.43. The predicted octanol–water partition coefficient (Wildman–Crippen LogP) is 2.33. The van der Waals surface area contributed by atoms with Gasteiger partial charge in [0.15, 0.2) is 5.13 Å². The van der Waals surface area contributed by atoms with Gasteiger partial charge in [0.2, 0.25) is 0 Å². The number of aryl methyl sites for hydroxylation is 2. The number of carbonyl (C=O) groups excluding carboxylic acids is 1. The van der Waals surface area contributed by atoms with Crippen molar-refractivity contribution < 1.29 is 9.53 Å². The maximum absolute atomic E-state index is 12.8. The van der Waals surface area contributed by atoms with Gasteiger partial charge in [0, 0.05) is 30.7 Å². The molecule has 1 amide bonds. The van der Waals surface area contributed by atoms with Crippen LogP contribution in [0.4, 0.5) is 5.13 Å². The molecule has 31 heavy (non-hydrogen) atoms. The summed E-state index contributed by atoms with van der Waals surface area (Å²) in [6, 6.07) is 8.94. The summed E-state index contributed by atoms with van der Waals surface area (Å²) >= 11 is 1.35. The lowest BCUT2D eigenvalue weighted by atomic mass is 10.1. The first-order valence-corrected chi connectivity index (χ1v) is 10.1. The minimum atomic E-state index is -0.507. The van der Waals surface area contributed by atoms with E-state index < -0.39 is 17.2 Å². The molecule has 3 aromatic heterocycles. The van der Waals surface area contributed by atoms with Gasteiger partial charge < -0.3 is 4.74 Å². The Hall–Kier alpha value is -3.79. The lowest BCUT2D eigenvalue weighted by Crippen LogP contribution is -2.37. The van der Waals surface area contributed by atoms with Crippen LogP contribution in [0.1, 0.15) is 15.2 Å². The second-order valence-corrected chi connectivity index (χ2v) is 8.11. The first kappa shape index (κ1) is 20.5. The molecule has 0 radical (unpaired) electrons. The average molecular weight is 437 g/mol. The summed E-state index contributed by atoms with van der Waals surface area (Å²) in [7, 11) is 4.51. The lowest BCUT2D eigenvalue weighted by Gasteiger charge is -2.08. The van der Waals surface area contributed by atoms with Gasteiger partial charge in [-0.1, -0.05) is 0 Å². The number of amides is 1. The van der Waals surface area contributed by atoms with Gasteiger partial charge in [-0.3, -0.25) is 24.0 Å². The van der Waals surface area contributed by atoms with Crippen molar-refractivity contribution >= 4 is 33.4 Å². The molecule has 4 rings (SSSR count). The second kappa shape index (κ2) is 7.80. The van der Waals surface area contributed by atoms with Crippen molar-refractivity contribution in [1.29, 1.82) is 0 Å². The normalized spacial score (nSPS) is 11.0. The highest BCUT2D eigenvalue weighted by Gasteiger charge is 2.16. The molecule has 0 fully saturated rings. The number of anilines is 1. The van der Waals surface area contributed by atoms with Crippen LogP contribution in [0.2, 0.25) is 0 Å². The quantitative estimate of drug-likeness (QED) is 0.525. The Morgan fingerprint density at radius 2 is 1.84 bits per heavy atom. The molecule has 0 aliphatic heterocycles. The number of nitrogens with one attached hydrogen (secondary N) is 1. The first-order valence-electron chi connectivity index (χ1n) is 9.29. The zero-order chi connectivity index (χ0) is 22.3. The van der Waals surface area contributed by atoms with Crippen LogP contribution in [0.5, 0.6) is 5.75 Å². The van der Waals surface area contributed by atoms with Gasteiger partial charge in [-0.25, -0.2) is 14.8 Å². The van der Waals surface area contributed by atoms with Crippen LogP contribution in [-0.2, 0) is 14.1 Å². The maximum Gasteiger partial charge on any atom is 0.332 e. The summed E-state index contributed by atoms with van der Waals surface area (Å²) in [5, 5.41) is 3.38. The van der Waals surface area contributed by atoms with Crippen molar-refractivity contribution in [3.05, 3.63) is 67.8 Å². The standard InChI is InChI=1S/C21H19N5O4S/c1-11-16(12-5-7-14(30-4)8-6-12)23-20(31-11)24-18(27)13-9-15-17(22-10-13)25(2)21(29)26(3)19(15)28/h5-10H,1-4H3,(H,23,24,27). The summed E-state index contributed by atoms with van der Waals surface area (Å²) in [4.78, 5) is 46.9. The number of hydrogen-bond donors (Lipinski definition) is 1. The Balaban J connectivity index is 1.65. The molecule has 0 unspecified atom stereocenters. The molecule has 0 saturated carbocycles. The van der Waals surface area contributed by atoms with Crippen LogP contribution >= 0.6 is 11.3 Å². The van der Waals surface area contributed by atoms with Gasteiger partial charge in [-0.15, -0.1) is 11.3 Å². The highest BCUT2D eigenvalue weighted by Crippen LogP contribution is 2.31. The van der Waals surface area contributed by atoms with Gasteiger partial charge in [-0.05, 0) is 37.3 Å². The molecular formula is C21H19N5O4S. The highest BCUT2D eigenvalue weighted by atomic mass is 32.1. The van der Waals surface area contributed by atoms with Crippen LogP contribution in [0.3, 0.4) is 0 Å². The second-order valence-electron chi connectivity index (χ2n) is 6.91. The Labute approximate surface area is 180 Å². The van der Waals surface area contributed by atoms with Gasteiger partial charge in [0.1, 0.15) is 11.4 Å². The van der Waals surface area contributed by atoms with E-state index >= 15 is 0 Å². The van der Waals surface area contributed by atoms with Gasteiger partial charge in [0.05, 0.1) is 23.8 Å². The summed E-state index contributed by atoms with van der Waals surface area (Å²) in [5.74, 6) is 0.304. The molecular weight excluding hydrogens is 418 g/mol. The van der Waals surface area contributed by atoms with Gasteiger partial charge >= 0.3 is 5.69 Å². The predicted molar refractivity (Wildman–Crippen MR) is 119 cm³/mol. The van der Waals surface area contributed by atoms with Gasteiger partial charge in [-0.2, -0.15) is 0 Å². The number of aromatic nitrogens is 4. The summed E-state index contributed by atoms with van der Waals surface area (Å²) in [6.45, 7) is 1.93. The number of pyridine rings is 1. The molecule has 158 valence electrons. The van der Waals surface area contributed by atoms with E-state index in [2.05, 4.69) is 15.3 Å². The minimum Gasteiger partial charge on any atom is -0.497 e. The molecule has 0 bridgehead atoms. The first-order chi connectivity index (χ1) is 14.8. The van der Waals surface area contributed by atoms with Crippen LogP contribution < -0.4 is 21.3 Å². The van der Waals surface area contributed by atoms with Crippen molar-refractivity contribution in [2.45, 2.75) is 6.92 Å². The van der Waals surface area contributed by atoms with Crippen molar-refractivity contribution in [1.82, 2.24) is 19.1 Å². The Bertz CT molecular complexity index is 1430. The number of thiazole rings is 1. The Kier molecular flexibility index (Phi) is 5.15. The van der Waals surface area contributed by atoms with Crippen LogP contribution in [0.25, 0.3) is 22.3 Å². The number of hydrogen-bond acceptors (Lipinski definition) is 7. The number of carbonyl (C=O) groups is 1. The van der Waals surface area contributed by atoms with E-state index in [1.165, 1.54) is 42.3 Å². The van der Waals surface area contributed by atoms with Crippen LogP contribution in [0, 0.1) is 6.92 Å². The van der Waals surface area contributed by atoms with E-state index in [1.54, 1.807) is 7.11 Å². The minimum absolute atomic E-state index is 0.187. The molecule has 1 N–H and O–H groups in total. The van der Waals surface area contributed by atoms with E-state index in [-0.39, 0.29) is 16.6 Å². The zero-order valence-electron chi connectivity index (χ0n) is 17.3. The zero-order valence-corrected chi connectivity index (χ0v) is 18.1. The molecule has 0 aliphatic carbocycles. The molecule has 4 aromatic rings. The highest BCUT2D eigenvalue weighted by molar-refractivity contribution is 7.16. The van der Waals surface area contributed by atoms with E-state index in [0.29, 0.717) is 5.13 Å². The fourth-order valence-electron chi connectivity index (χ4n) is 3.23. The van der Waals surface area contributed by atoms with E-state index in [1.807, 2.05) is 31.2 Å². The fourth-order valence-corrected chi connectivity index (χ4v) is 4.06. The molecule has 0 spiro atoms. The summed E-state index contributed by atoms with van der Waals surface area (Å²) in [6.07, 6.45) is 1.33. The number of ether oxygens (including phenoxy) is 1. The largest absolute Gasteiger partial charge is 0.497 e. The van der Waals surface area contributed by atoms with Crippen LogP contribution in [0.15, 0.2) is 46.1 Å². The van der Waals surface area contributed by atoms with Gasteiger partial charge in [0.25, 0.3) is 11.5 Å². The number of benzene rings is 1.